The molecule has 0 aliphatic rings. The summed E-state index contributed by atoms with van der Waals surface area (Å²) in [6, 6.07) is 10.8. The summed E-state index contributed by atoms with van der Waals surface area (Å²) in [5.74, 6) is 1.03. The molecule has 0 heterocycles. The number of phenolic OH excluding ortho intramolecular Hbond substituents is 1. The van der Waals surface area contributed by atoms with Crippen LogP contribution in [0, 0.1) is 6.92 Å². The topological polar surface area (TPSA) is 55.5 Å². The molecule has 0 aliphatic heterocycles. The van der Waals surface area contributed by atoms with Crippen LogP contribution in [0.15, 0.2) is 36.4 Å². The van der Waals surface area contributed by atoms with E-state index < -0.39 is 0 Å². The number of nitrogen functional groups attached to an aromatic ring is 1. The van der Waals surface area contributed by atoms with Gasteiger partial charge in [0.25, 0.3) is 0 Å². The molecule has 2 aromatic rings. The number of aromatic hydroxyl groups is 1. The number of anilines is 1. The van der Waals surface area contributed by atoms with Gasteiger partial charge < -0.3 is 15.6 Å². The molecule has 0 radical (unpaired) electrons. The van der Waals surface area contributed by atoms with E-state index in [4.69, 9.17) is 10.5 Å². The van der Waals surface area contributed by atoms with Crippen molar-refractivity contribution < 1.29 is 9.84 Å². The predicted molar refractivity (Wildman–Crippen MR) is 69.2 cm³/mol. The summed E-state index contributed by atoms with van der Waals surface area (Å²) in [6.45, 7) is 1.97. The number of rotatable bonds is 2. The van der Waals surface area contributed by atoms with E-state index in [1.807, 2.05) is 25.1 Å². The van der Waals surface area contributed by atoms with Crippen molar-refractivity contribution in [1.29, 1.82) is 0 Å². The highest BCUT2D eigenvalue weighted by molar-refractivity contribution is 5.76. The fraction of sp³-hybridized carbons (Fsp3) is 0.143. The summed E-state index contributed by atoms with van der Waals surface area (Å²) in [5.41, 5.74) is 9.10. The molecule has 2 rings (SSSR count). The van der Waals surface area contributed by atoms with Crippen LogP contribution in [0.4, 0.5) is 5.69 Å². The molecule has 3 heteroatoms. The lowest BCUT2D eigenvalue weighted by molar-refractivity contribution is 0.414. The summed E-state index contributed by atoms with van der Waals surface area (Å²) in [5, 5.41) is 9.85. The largest absolute Gasteiger partial charge is 0.507 e. The highest BCUT2D eigenvalue weighted by Crippen LogP contribution is 2.34. The minimum absolute atomic E-state index is 0.229. The first-order chi connectivity index (χ1) is 8.11. The molecule has 3 nitrogen and oxygen atoms in total. The zero-order chi connectivity index (χ0) is 12.4. The molecule has 0 saturated carbocycles. The molecule has 0 unspecified atom stereocenters. The van der Waals surface area contributed by atoms with Gasteiger partial charge in [0.2, 0.25) is 0 Å². The van der Waals surface area contributed by atoms with Crippen LogP contribution in [0.25, 0.3) is 11.1 Å². The molecule has 17 heavy (non-hydrogen) atoms. The van der Waals surface area contributed by atoms with Crippen LogP contribution >= 0.6 is 0 Å². The molecule has 3 N–H and O–H groups in total. The first-order valence-corrected chi connectivity index (χ1v) is 5.35. The Morgan fingerprint density at radius 1 is 1.06 bits per heavy atom. The van der Waals surface area contributed by atoms with Gasteiger partial charge in [-0.25, -0.2) is 0 Å². The van der Waals surface area contributed by atoms with Crippen LogP contribution in [0.3, 0.4) is 0 Å². The van der Waals surface area contributed by atoms with E-state index in [1.54, 1.807) is 25.3 Å². The molecule has 0 atom stereocenters. The van der Waals surface area contributed by atoms with Crippen LogP contribution in [-0.4, -0.2) is 12.2 Å². The van der Waals surface area contributed by atoms with E-state index in [2.05, 4.69) is 0 Å². The molecular weight excluding hydrogens is 214 g/mol. The standard InChI is InChI=1S/C14H15NO2/c1-9-7-11(17-2)4-5-12(9)13-8-10(15)3-6-14(13)16/h3-8,16H,15H2,1-2H3. The molecule has 0 aliphatic carbocycles. The van der Waals surface area contributed by atoms with Gasteiger partial charge in [0.15, 0.2) is 0 Å². The summed E-state index contributed by atoms with van der Waals surface area (Å²) < 4.78 is 5.15. The van der Waals surface area contributed by atoms with Crippen molar-refractivity contribution in [3.8, 4) is 22.6 Å². The lowest BCUT2D eigenvalue weighted by Crippen LogP contribution is -1.90. The average molecular weight is 229 g/mol. The van der Waals surface area contributed by atoms with Crippen molar-refractivity contribution in [2.24, 2.45) is 0 Å². The van der Waals surface area contributed by atoms with E-state index in [0.717, 1.165) is 22.4 Å². The fourth-order valence-corrected chi connectivity index (χ4v) is 1.83. The third kappa shape index (κ3) is 2.18. The minimum atomic E-state index is 0.229. The highest BCUT2D eigenvalue weighted by Gasteiger charge is 2.08. The van der Waals surface area contributed by atoms with Crippen molar-refractivity contribution >= 4 is 5.69 Å². The predicted octanol–water partition coefficient (Wildman–Crippen LogP) is 2.96. The number of benzene rings is 2. The van der Waals surface area contributed by atoms with Gasteiger partial charge in [0.05, 0.1) is 7.11 Å². The van der Waals surface area contributed by atoms with Gasteiger partial charge in [-0.15, -0.1) is 0 Å². The normalized spacial score (nSPS) is 10.2. The maximum atomic E-state index is 9.85. The summed E-state index contributed by atoms with van der Waals surface area (Å²) in [7, 11) is 1.63. The second kappa shape index (κ2) is 4.37. The molecular formula is C14H15NO2. The molecule has 0 amide bonds. The van der Waals surface area contributed by atoms with E-state index >= 15 is 0 Å². The second-order valence-electron chi connectivity index (χ2n) is 3.96. The maximum absolute atomic E-state index is 9.85. The van der Waals surface area contributed by atoms with Crippen molar-refractivity contribution in [2.75, 3.05) is 12.8 Å². The van der Waals surface area contributed by atoms with Gasteiger partial charge in [0.1, 0.15) is 11.5 Å². The number of aryl methyl sites for hydroxylation is 1. The van der Waals surface area contributed by atoms with E-state index in [1.165, 1.54) is 0 Å². The fourth-order valence-electron chi connectivity index (χ4n) is 1.83. The highest BCUT2D eigenvalue weighted by atomic mass is 16.5. The molecule has 0 aromatic heterocycles. The lowest BCUT2D eigenvalue weighted by Gasteiger charge is -2.10. The third-order valence-corrected chi connectivity index (χ3v) is 2.74. The smallest absolute Gasteiger partial charge is 0.123 e. The van der Waals surface area contributed by atoms with E-state index in [9.17, 15) is 5.11 Å². The van der Waals surface area contributed by atoms with Crippen molar-refractivity contribution in [3.63, 3.8) is 0 Å². The van der Waals surface area contributed by atoms with Crippen molar-refractivity contribution in [3.05, 3.63) is 42.0 Å². The Balaban J connectivity index is 2.56. The molecule has 0 bridgehead atoms. The van der Waals surface area contributed by atoms with Gasteiger partial charge >= 0.3 is 0 Å². The Hall–Kier alpha value is -2.16. The van der Waals surface area contributed by atoms with Crippen molar-refractivity contribution in [1.82, 2.24) is 0 Å². The van der Waals surface area contributed by atoms with Gasteiger partial charge in [-0.3, -0.25) is 0 Å². The lowest BCUT2D eigenvalue weighted by atomic mass is 9.99. The van der Waals surface area contributed by atoms with Crippen LogP contribution in [0.5, 0.6) is 11.5 Å². The molecule has 2 aromatic carbocycles. The summed E-state index contributed by atoms with van der Waals surface area (Å²) in [4.78, 5) is 0. The Kier molecular flexibility index (Phi) is 2.91. The average Bonchev–Trinajstić information content (AvgIpc) is 2.32. The van der Waals surface area contributed by atoms with Gasteiger partial charge in [-0.05, 0) is 48.4 Å². The van der Waals surface area contributed by atoms with Crippen LogP contribution in [-0.2, 0) is 0 Å². The molecule has 0 saturated heterocycles. The zero-order valence-electron chi connectivity index (χ0n) is 9.90. The van der Waals surface area contributed by atoms with Crippen molar-refractivity contribution in [2.45, 2.75) is 6.92 Å². The monoisotopic (exact) mass is 229 g/mol. The van der Waals surface area contributed by atoms with Crippen LogP contribution in [0.2, 0.25) is 0 Å². The molecule has 88 valence electrons. The number of nitrogens with two attached hydrogens (primary N) is 1. The Morgan fingerprint density at radius 2 is 1.82 bits per heavy atom. The number of ether oxygens (including phenoxy) is 1. The minimum Gasteiger partial charge on any atom is -0.507 e. The third-order valence-electron chi connectivity index (χ3n) is 2.74. The zero-order valence-corrected chi connectivity index (χ0v) is 9.90. The van der Waals surface area contributed by atoms with Gasteiger partial charge in [-0.1, -0.05) is 6.07 Å². The number of hydrogen-bond acceptors (Lipinski definition) is 3. The van der Waals surface area contributed by atoms with E-state index in [0.29, 0.717) is 5.69 Å². The van der Waals surface area contributed by atoms with Gasteiger partial charge in [-0.2, -0.15) is 0 Å². The maximum Gasteiger partial charge on any atom is 0.123 e. The Labute approximate surface area is 100 Å². The van der Waals surface area contributed by atoms with E-state index in [-0.39, 0.29) is 5.75 Å². The second-order valence-corrected chi connectivity index (χ2v) is 3.96. The first kappa shape index (κ1) is 11.3. The number of phenols is 1. The first-order valence-electron chi connectivity index (χ1n) is 5.35. The Bertz CT molecular complexity index is 550. The summed E-state index contributed by atoms with van der Waals surface area (Å²) >= 11 is 0. The summed E-state index contributed by atoms with van der Waals surface area (Å²) in [6.07, 6.45) is 0. The number of hydrogen-bond donors (Lipinski definition) is 2. The number of methoxy groups -OCH3 is 1. The van der Waals surface area contributed by atoms with Crippen LogP contribution in [0.1, 0.15) is 5.56 Å². The van der Waals surface area contributed by atoms with Gasteiger partial charge in [0, 0.05) is 11.3 Å². The quantitative estimate of drug-likeness (QED) is 0.615. The SMILES string of the molecule is COc1ccc(-c2cc(N)ccc2O)c(C)c1. The Morgan fingerprint density at radius 3 is 2.47 bits per heavy atom. The van der Waals surface area contributed by atoms with Crippen LogP contribution < -0.4 is 10.5 Å². The molecule has 0 spiro atoms. The molecule has 0 fully saturated rings.